The molecule has 1 aromatic rings. The average molecular weight is 242 g/mol. The Kier molecular flexibility index (Phi) is 4.20. The van der Waals surface area contributed by atoms with Gasteiger partial charge in [-0.05, 0) is 16.9 Å². The Morgan fingerprint density at radius 2 is 2.00 bits per heavy atom. The topological polar surface area (TPSA) is 22.1 Å². The van der Waals surface area contributed by atoms with Crippen molar-refractivity contribution in [3.05, 3.63) is 22.8 Å². The van der Waals surface area contributed by atoms with Gasteiger partial charge in [0.1, 0.15) is 0 Å². The molecule has 0 spiro atoms. The molecule has 0 aromatic carbocycles. The lowest BCUT2D eigenvalue weighted by molar-refractivity contribution is 0.260. The largest absolute Gasteiger partial charge is 0.477 e. The molecule has 3 heteroatoms. The van der Waals surface area contributed by atoms with Crippen LogP contribution in [0.2, 0.25) is 5.02 Å². The molecule has 0 fully saturated rings. The quantitative estimate of drug-likeness (QED) is 0.796. The van der Waals surface area contributed by atoms with Crippen LogP contribution in [0.5, 0.6) is 5.88 Å². The molecule has 0 aliphatic heterocycles. The maximum atomic E-state index is 6.13. The zero-order chi connectivity index (χ0) is 12.3. The van der Waals surface area contributed by atoms with Crippen molar-refractivity contribution >= 4 is 11.6 Å². The summed E-state index contributed by atoms with van der Waals surface area (Å²) < 4.78 is 5.59. The number of nitrogens with zero attached hydrogens (tertiary/aromatic N) is 1. The second-order valence-electron chi connectivity index (χ2n) is 5.46. The van der Waals surface area contributed by atoms with Gasteiger partial charge in [0.05, 0.1) is 11.6 Å². The van der Waals surface area contributed by atoms with Crippen LogP contribution in [0.25, 0.3) is 0 Å². The number of rotatable bonds is 3. The fourth-order valence-electron chi connectivity index (χ4n) is 1.33. The first kappa shape index (κ1) is 13.3. The molecular formula is C13H20ClNO. The first-order chi connectivity index (χ1) is 7.30. The molecule has 90 valence electrons. The molecule has 1 rings (SSSR count). The van der Waals surface area contributed by atoms with E-state index in [9.17, 15) is 0 Å². The Morgan fingerprint density at radius 3 is 2.50 bits per heavy atom. The van der Waals surface area contributed by atoms with E-state index in [1.165, 1.54) is 0 Å². The fourth-order valence-corrected chi connectivity index (χ4v) is 1.71. The van der Waals surface area contributed by atoms with Crippen molar-refractivity contribution in [3.63, 3.8) is 0 Å². The number of hydrogen-bond acceptors (Lipinski definition) is 2. The minimum atomic E-state index is 0.00988. The first-order valence-corrected chi connectivity index (χ1v) is 5.97. The zero-order valence-corrected chi connectivity index (χ0v) is 11.4. The molecule has 16 heavy (non-hydrogen) atoms. The van der Waals surface area contributed by atoms with Crippen molar-refractivity contribution in [3.8, 4) is 5.88 Å². The predicted octanol–water partition coefficient (Wildman–Crippen LogP) is 4.07. The standard InChI is InChI=1S/C13H20ClNO/c1-9(2)8-16-12-6-10(13(3,4)5)11(14)7-15-12/h6-7,9H,8H2,1-5H3. The van der Waals surface area contributed by atoms with E-state index in [1.54, 1.807) is 6.20 Å². The molecule has 0 atom stereocenters. The Balaban J connectivity index is 2.90. The Hall–Kier alpha value is -0.760. The van der Waals surface area contributed by atoms with Crippen LogP contribution in [-0.4, -0.2) is 11.6 Å². The van der Waals surface area contributed by atoms with E-state index >= 15 is 0 Å². The summed E-state index contributed by atoms with van der Waals surface area (Å²) in [5.74, 6) is 1.15. The third kappa shape index (κ3) is 3.67. The second-order valence-corrected chi connectivity index (χ2v) is 5.86. The van der Waals surface area contributed by atoms with Gasteiger partial charge in [-0.2, -0.15) is 0 Å². The predicted molar refractivity (Wildman–Crippen MR) is 68.3 cm³/mol. The minimum Gasteiger partial charge on any atom is -0.477 e. The second kappa shape index (κ2) is 5.05. The summed E-state index contributed by atoms with van der Waals surface area (Å²) in [5, 5.41) is 0.699. The lowest BCUT2D eigenvalue weighted by Gasteiger charge is -2.21. The lowest BCUT2D eigenvalue weighted by Crippen LogP contribution is -2.13. The van der Waals surface area contributed by atoms with Crippen molar-refractivity contribution in [1.82, 2.24) is 4.98 Å². The van der Waals surface area contributed by atoms with Crippen molar-refractivity contribution in [2.75, 3.05) is 6.61 Å². The van der Waals surface area contributed by atoms with E-state index < -0.39 is 0 Å². The summed E-state index contributed by atoms with van der Waals surface area (Å²) in [5.41, 5.74) is 1.08. The monoisotopic (exact) mass is 241 g/mol. The molecule has 0 saturated carbocycles. The molecule has 0 N–H and O–H groups in total. The lowest BCUT2D eigenvalue weighted by atomic mass is 9.88. The molecule has 2 nitrogen and oxygen atoms in total. The third-order valence-corrected chi connectivity index (χ3v) is 2.50. The molecular weight excluding hydrogens is 222 g/mol. The van der Waals surface area contributed by atoms with Crippen LogP contribution in [0.4, 0.5) is 0 Å². The number of halogens is 1. The van der Waals surface area contributed by atoms with E-state index in [1.807, 2.05) is 6.07 Å². The number of hydrogen-bond donors (Lipinski definition) is 0. The summed E-state index contributed by atoms with van der Waals surface area (Å²) in [4.78, 5) is 4.17. The molecule has 0 amide bonds. The molecule has 0 radical (unpaired) electrons. The van der Waals surface area contributed by atoms with E-state index in [4.69, 9.17) is 16.3 Å². The van der Waals surface area contributed by atoms with E-state index in [0.29, 0.717) is 23.4 Å². The highest BCUT2D eigenvalue weighted by Gasteiger charge is 2.18. The van der Waals surface area contributed by atoms with Gasteiger partial charge in [0.2, 0.25) is 5.88 Å². The van der Waals surface area contributed by atoms with Crippen molar-refractivity contribution in [2.24, 2.45) is 5.92 Å². The van der Waals surface area contributed by atoms with Crippen LogP contribution in [0, 0.1) is 5.92 Å². The highest BCUT2D eigenvalue weighted by atomic mass is 35.5. The van der Waals surface area contributed by atoms with Gasteiger partial charge in [0.15, 0.2) is 0 Å². The number of ether oxygens (including phenoxy) is 1. The highest BCUT2D eigenvalue weighted by Crippen LogP contribution is 2.31. The Morgan fingerprint density at radius 1 is 1.38 bits per heavy atom. The van der Waals surface area contributed by atoms with Gasteiger partial charge in [-0.15, -0.1) is 0 Å². The zero-order valence-electron chi connectivity index (χ0n) is 10.7. The van der Waals surface area contributed by atoms with Crippen molar-refractivity contribution in [2.45, 2.75) is 40.0 Å². The fraction of sp³-hybridized carbons (Fsp3) is 0.615. The molecule has 1 heterocycles. The van der Waals surface area contributed by atoms with E-state index in [2.05, 4.69) is 39.6 Å². The molecule has 0 aliphatic rings. The first-order valence-electron chi connectivity index (χ1n) is 5.59. The van der Waals surface area contributed by atoms with Crippen LogP contribution in [0.15, 0.2) is 12.3 Å². The number of aromatic nitrogens is 1. The SMILES string of the molecule is CC(C)COc1cc(C(C)(C)C)c(Cl)cn1. The maximum absolute atomic E-state index is 6.13. The van der Waals surface area contributed by atoms with Crippen LogP contribution in [0.1, 0.15) is 40.2 Å². The van der Waals surface area contributed by atoms with Gasteiger partial charge >= 0.3 is 0 Å². The molecule has 0 bridgehead atoms. The summed E-state index contributed by atoms with van der Waals surface area (Å²) in [6, 6.07) is 1.94. The summed E-state index contributed by atoms with van der Waals surface area (Å²) in [7, 11) is 0. The Bertz CT molecular complexity index is 355. The van der Waals surface area contributed by atoms with Gasteiger partial charge < -0.3 is 4.74 Å². The van der Waals surface area contributed by atoms with Crippen molar-refractivity contribution < 1.29 is 4.74 Å². The normalized spacial score (nSPS) is 11.9. The average Bonchev–Trinajstić information content (AvgIpc) is 2.14. The van der Waals surface area contributed by atoms with Gasteiger partial charge in [0.25, 0.3) is 0 Å². The molecule has 1 aromatic heterocycles. The van der Waals surface area contributed by atoms with Gasteiger partial charge in [-0.1, -0.05) is 46.2 Å². The van der Waals surface area contributed by atoms with E-state index in [0.717, 1.165) is 5.56 Å². The summed E-state index contributed by atoms with van der Waals surface area (Å²) >= 11 is 6.13. The minimum absolute atomic E-state index is 0.00988. The van der Waals surface area contributed by atoms with Gasteiger partial charge in [0, 0.05) is 12.3 Å². The van der Waals surface area contributed by atoms with E-state index in [-0.39, 0.29) is 5.41 Å². The van der Waals surface area contributed by atoms with Crippen LogP contribution >= 0.6 is 11.6 Å². The summed E-state index contributed by atoms with van der Waals surface area (Å²) in [6.07, 6.45) is 1.66. The number of pyridine rings is 1. The molecule has 0 aliphatic carbocycles. The molecule has 0 saturated heterocycles. The Labute approximate surface area is 103 Å². The van der Waals surface area contributed by atoms with Crippen LogP contribution in [-0.2, 0) is 5.41 Å². The third-order valence-electron chi connectivity index (χ3n) is 2.20. The highest BCUT2D eigenvalue weighted by molar-refractivity contribution is 6.31. The van der Waals surface area contributed by atoms with Crippen LogP contribution in [0.3, 0.4) is 0 Å². The molecule has 0 unspecified atom stereocenters. The van der Waals surface area contributed by atoms with Crippen LogP contribution < -0.4 is 4.74 Å². The van der Waals surface area contributed by atoms with Gasteiger partial charge in [-0.3, -0.25) is 0 Å². The smallest absolute Gasteiger partial charge is 0.213 e. The van der Waals surface area contributed by atoms with Crippen molar-refractivity contribution in [1.29, 1.82) is 0 Å². The van der Waals surface area contributed by atoms with Gasteiger partial charge in [-0.25, -0.2) is 4.98 Å². The summed E-state index contributed by atoms with van der Waals surface area (Å²) in [6.45, 7) is 11.3. The maximum Gasteiger partial charge on any atom is 0.213 e.